The Bertz CT molecular complexity index is 1620. The standard InChI is InChI=1S/C30H37F3N6O4S/c1-19-8-9-20(26(15-19)39(3)44(5,41)42)10-12-24-23(30(31,32)33)17-34-29(36-24)37-25-13-11-21(16-27(25)43-4)28(40)35-22-7-6-14-38(2)18-22/h8-9,11,13,15-17,22H,6-7,10,12,14,18H2,1-5H3,(H,35,40)(H,34,36,37). The van der Waals surface area contributed by atoms with E-state index in [0.29, 0.717) is 22.5 Å². The second-order valence-corrected chi connectivity index (χ2v) is 13.0. The molecule has 1 unspecified atom stereocenters. The number of halogens is 3. The third-order valence-corrected chi connectivity index (χ3v) is 8.74. The van der Waals surface area contributed by atoms with Gasteiger partial charge in [0.1, 0.15) is 5.75 Å². The molecule has 0 aliphatic carbocycles. The van der Waals surface area contributed by atoms with Crippen LogP contribution in [0.1, 0.15) is 45.6 Å². The number of nitrogens with zero attached hydrogens (tertiary/aromatic N) is 4. The Hall–Kier alpha value is -3.91. The molecule has 3 aromatic rings. The SMILES string of the molecule is COc1cc(C(=O)NC2CCCN(C)C2)ccc1Nc1ncc(C(F)(F)F)c(CCc2ccc(C)cc2N(C)S(C)(=O)=O)n1. The Labute approximate surface area is 255 Å². The monoisotopic (exact) mass is 634 g/mol. The van der Waals surface area contributed by atoms with E-state index in [4.69, 9.17) is 4.74 Å². The average Bonchev–Trinajstić information content (AvgIpc) is 2.95. The molecule has 238 valence electrons. The number of ether oxygens (including phenoxy) is 1. The molecule has 1 amide bonds. The summed E-state index contributed by atoms with van der Waals surface area (Å²) in [5.41, 5.74) is 1.25. The number of aryl methyl sites for hydroxylation is 3. The third-order valence-electron chi connectivity index (χ3n) is 7.55. The highest BCUT2D eigenvalue weighted by Crippen LogP contribution is 2.34. The zero-order chi connectivity index (χ0) is 32.2. The van der Waals surface area contributed by atoms with Gasteiger partial charge in [0.15, 0.2) is 0 Å². The lowest BCUT2D eigenvalue weighted by Gasteiger charge is -2.30. The van der Waals surface area contributed by atoms with E-state index in [9.17, 15) is 26.4 Å². The predicted octanol–water partition coefficient (Wildman–Crippen LogP) is 4.56. The van der Waals surface area contributed by atoms with Crippen LogP contribution in [0.5, 0.6) is 5.75 Å². The number of rotatable bonds is 10. The molecule has 44 heavy (non-hydrogen) atoms. The Morgan fingerprint density at radius 2 is 1.93 bits per heavy atom. The van der Waals surface area contributed by atoms with Crippen LogP contribution in [0.4, 0.5) is 30.5 Å². The Kier molecular flexibility index (Phi) is 10.0. The van der Waals surface area contributed by atoms with E-state index in [1.807, 2.05) is 7.05 Å². The van der Waals surface area contributed by atoms with E-state index < -0.39 is 21.8 Å². The Balaban J connectivity index is 1.57. The Morgan fingerprint density at radius 1 is 1.18 bits per heavy atom. The molecular formula is C30H37F3N6O4S. The van der Waals surface area contributed by atoms with Crippen molar-refractivity contribution in [3.8, 4) is 5.75 Å². The number of sulfonamides is 1. The number of nitrogens with one attached hydrogen (secondary N) is 2. The fraction of sp³-hybridized carbons (Fsp3) is 0.433. The van der Waals surface area contributed by atoms with Crippen molar-refractivity contribution in [2.24, 2.45) is 0 Å². The lowest BCUT2D eigenvalue weighted by Crippen LogP contribution is -2.46. The molecule has 1 aromatic heterocycles. The fourth-order valence-corrected chi connectivity index (χ4v) is 5.65. The van der Waals surface area contributed by atoms with Crippen LogP contribution in [0.25, 0.3) is 0 Å². The van der Waals surface area contributed by atoms with Crippen LogP contribution in [0.15, 0.2) is 42.6 Å². The first-order valence-electron chi connectivity index (χ1n) is 14.1. The summed E-state index contributed by atoms with van der Waals surface area (Å²) in [5.74, 6) is -0.0529. The quantitative estimate of drug-likeness (QED) is 0.334. The van der Waals surface area contributed by atoms with Gasteiger partial charge in [0.05, 0.1) is 36.0 Å². The maximum atomic E-state index is 13.9. The van der Waals surface area contributed by atoms with E-state index >= 15 is 0 Å². The molecule has 4 rings (SSSR count). The van der Waals surface area contributed by atoms with E-state index in [-0.39, 0.29) is 42.2 Å². The number of methoxy groups -OCH3 is 1. The minimum atomic E-state index is -4.70. The summed E-state index contributed by atoms with van der Waals surface area (Å²) in [4.78, 5) is 23.1. The largest absolute Gasteiger partial charge is 0.495 e. The number of aromatic nitrogens is 2. The molecule has 2 N–H and O–H groups in total. The zero-order valence-electron chi connectivity index (χ0n) is 25.3. The van der Waals surface area contributed by atoms with Crippen molar-refractivity contribution in [1.29, 1.82) is 0 Å². The molecule has 10 nitrogen and oxygen atoms in total. The van der Waals surface area contributed by atoms with Gasteiger partial charge in [0.25, 0.3) is 5.91 Å². The number of carbonyl (C=O) groups is 1. The molecule has 0 saturated carbocycles. The summed E-state index contributed by atoms with van der Waals surface area (Å²) in [5, 5.41) is 5.95. The summed E-state index contributed by atoms with van der Waals surface area (Å²) in [6.45, 7) is 3.55. The lowest BCUT2D eigenvalue weighted by atomic mass is 10.0. The second-order valence-electron chi connectivity index (χ2n) is 11.0. The minimum Gasteiger partial charge on any atom is -0.495 e. The van der Waals surface area contributed by atoms with Gasteiger partial charge in [-0.1, -0.05) is 12.1 Å². The highest BCUT2D eigenvalue weighted by atomic mass is 32.2. The van der Waals surface area contributed by atoms with Gasteiger partial charge in [-0.3, -0.25) is 9.10 Å². The van der Waals surface area contributed by atoms with Crippen molar-refractivity contribution in [3.05, 3.63) is 70.5 Å². The summed E-state index contributed by atoms with van der Waals surface area (Å²) in [7, 11) is 1.23. The van der Waals surface area contributed by atoms with Gasteiger partial charge in [-0.25, -0.2) is 18.4 Å². The highest BCUT2D eigenvalue weighted by Gasteiger charge is 2.35. The topological polar surface area (TPSA) is 117 Å². The van der Waals surface area contributed by atoms with Crippen LogP contribution in [0.2, 0.25) is 0 Å². The van der Waals surface area contributed by atoms with Crippen LogP contribution in [-0.4, -0.2) is 75.8 Å². The molecule has 1 saturated heterocycles. The predicted molar refractivity (Wildman–Crippen MR) is 163 cm³/mol. The first-order chi connectivity index (χ1) is 20.7. The highest BCUT2D eigenvalue weighted by molar-refractivity contribution is 7.92. The van der Waals surface area contributed by atoms with Gasteiger partial charge in [-0.2, -0.15) is 13.2 Å². The normalized spacial score (nSPS) is 16.0. The first kappa shape index (κ1) is 33.0. The molecule has 2 aromatic carbocycles. The first-order valence-corrected chi connectivity index (χ1v) is 15.9. The van der Waals surface area contributed by atoms with Crippen LogP contribution in [-0.2, 0) is 29.0 Å². The van der Waals surface area contributed by atoms with E-state index in [1.165, 1.54) is 14.2 Å². The van der Waals surface area contributed by atoms with Gasteiger partial charge in [-0.15, -0.1) is 0 Å². The summed E-state index contributed by atoms with van der Waals surface area (Å²) >= 11 is 0. The molecule has 2 heterocycles. The van der Waals surface area contributed by atoms with Crippen LogP contribution in [0.3, 0.4) is 0 Å². The number of anilines is 3. The molecule has 0 radical (unpaired) electrons. The number of benzene rings is 2. The lowest BCUT2D eigenvalue weighted by molar-refractivity contribution is -0.138. The van der Waals surface area contributed by atoms with Gasteiger partial charge >= 0.3 is 6.18 Å². The van der Waals surface area contributed by atoms with Crippen molar-refractivity contribution in [2.45, 2.75) is 44.8 Å². The molecule has 1 aliphatic rings. The minimum absolute atomic E-state index is 0.0341. The smallest absolute Gasteiger partial charge is 0.419 e. The summed E-state index contributed by atoms with van der Waals surface area (Å²) in [6.07, 6.45) is -1.07. The van der Waals surface area contributed by atoms with Crippen molar-refractivity contribution in [2.75, 3.05) is 50.2 Å². The van der Waals surface area contributed by atoms with Gasteiger partial charge in [0, 0.05) is 31.4 Å². The molecule has 1 fully saturated rings. The third kappa shape index (κ3) is 8.17. The van der Waals surface area contributed by atoms with E-state index in [1.54, 1.807) is 43.3 Å². The molecule has 0 bridgehead atoms. The molecule has 0 spiro atoms. The van der Waals surface area contributed by atoms with Crippen molar-refractivity contribution < 1.29 is 31.1 Å². The number of likely N-dealkylation sites (N-methyl/N-ethyl adjacent to an activating group) is 1. The number of amides is 1. The van der Waals surface area contributed by atoms with Gasteiger partial charge in [-0.05, 0) is 81.6 Å². The summed E-state index contributed by atoms with van der Waals surface area (Å²) in [6, 6.07) is 9.91. The molecular weight excluding hydrogens is 597 g/mol. The molecule has 1 aliphatic heterocycles. The average molecular weight is 635 g/mol. The maximum absolute atomic E-state index is 13.9. The molecule has 14 heteroatoms. The molecule has 1 atom stereocenters. The zero-order valence-corrected chi connectivity index (χ0v) is 26.1. The van der Waals surface area contributed by atoms with E-state index in [0.717, 1.165) is 48.3 Å². The summed E-state index contributed by atoms with van der Waals surface area (Å²) < 4.78 is 72.8. The number of likely N-dealkylation sites (tertiary alicyclic amines) is 1. The van der Waals surface area contributed by atoms with Gasteiger partial charge < -0.3 is 20.3 Å². The Morgan fingerprint density at radius 3 is 2.59 bits per heavy atom. The second kappa shape index (κ2) is 13.4. The number of hydrogen-bond donors (Lipinski definition) is 2. The fourth-order valence-electron chi connectivity index (χ4n) is 5.12. The van der Waals surface area contributed by atoms with Crippen molar-refractivity contribution >= 4 is 33.3 Å². The number of carbonyl (C=O) groups excluding carboxylic acids is 1. The number of hydrogen-bond acceptors (Lipinski definition) is 8. The van der Waals surface area contributed by atoms with Crippen LogP contribution >= 0.6 is 0 Å². The van der Waals surface area contributed by atoms with Crippen molar-refractivity contribution in [1.82, 2.24) is 20.2 Å². The number of piperidine rings is 1. The van der Waals surface area contributed by atoms with E-state index in [2.05, 4.69) is 25.5 Å². The van der Waals surface area contributed by atoms with Crippen LogP contribution < -0.4 is 19.7 Å². The van der Waals surface area contributed by atoms with Crippen molar-refractivity contribution in [3.63, 3.8) is 0 Å². The maximum Gasteiger partial charge on any atom is 0.419 e. The van der Waals surface area contributed by atoms with Gasteiger partial charge in [0.2, 0.25) is 16.0 Å². The van der Waals surface area contributed by atoms with Crippen LogP contribution in [0, 0.1) is 6.92 Å². The number of alkyl halides is 3.